The third-order valence-electron chi connectivity index (χ3n) is 4.83. The van der Waals surface area contributed by atoms with Crippen LogP contribution in [0, 0.1) is 5.92 Å². The molecule has 1 aliphatic carbocycles. The van der Waals surface area contributed by atoms with Gasteiger partial charge in [-0.2, -0.15) is 0 Å². The zero-order valence-electron chi connectivity index (χ0n) is 15.4. The number of ketones is 1. The summed E-state index contributed by atoms with van der Waals surface area (Å²) in [6.07, 6.45) is -1.82. The number of benzene rings is 2. The van der Waals surface area contributed by atoms with Gasteiger partial charge in [-0.05, 0) is 23.1 Å². The Labute approximate surface area is 163 Å². The van der Waals surface area contributed by atoms with Gasteiger partial charge < -0.3 is 14.6 Å². The Hall–Kier alpha value is -2.70. The number of nitrogens with zero attached hydrogens (tertiary/aromatic N) is 3. The summed E-state index contributed by atoms with van der Waals surface area (Å²) in [7, 11) is 0. The minimum atomic E-state index is -1.05. The third-order valence-corrected chi connectivity index (χ3v) is 4.83. The predicted molar refractivity (Wildman–Crippen MR) is 103 cm³/mol. The number of Topliss-reactive ketones (excluding diaryl/α,β-unsaturated/α-hetero) is 1. The second-order valence-corrected chi connectivity index (χ2v) is 6.83. The molecule has 0 unspecified atom stereocenters. The van der Waals surface area contributed by atoms with Crippen LogP contribution in [0.4, 0.5) is 0 Å². The van der Waals surface area contributed by atoms with Crippen LogP contribution in [-0.2, 0) is 27.5 Å². The lowest BCUT2D eigenvalue weighted by molar-refractivity contribution is -0.155. The highest BCUT2D eigenvalue weighted by molar-refractivity contribution is 5.90. The topological polar surface area (TPSA) is 105 Å². The Balaban J connectivity index is 1.64. The SMILES string of the molecule is [N-]=[N+]=N[C@@H]1C[C@H](COCc2ccccc2)[C@@H](O)[C@H](OCc2ccccc2)C1=O. The van der Waals surface area contributed by atoms with Crippen LogP contribution in [0.2, 0.25) is 0 Å². The average Bonchev–Trinajstić information content (AvgIpc) is 2.73. The molecule has 0 aromatic heterocycles. The molecule has 0 heterocycles. The summed E-state index contributed by atoms with van der Waals surface area (Å²) in [4.78, 5) is 15.4. The normalized spacial score (nSPS) is 24.5. The molecule has 28 heavy (non-hydrogen) atoms. The van der Waals surface area contributed by atoms with Crippen molar-refractivity contribution in [2.45, 2.75) is 37.9 Å². The quantitative estimate of drug-likeness (QED) is 0.430. The number of azide groups is 1. The van der Waals surface area contributed by atoms with E-state index < -0.39 is 18.2 Å². The lowest BCUT2D eigenvalue weighted by Gasteiger charge is -2.36. The molecule has 1 saturated carbocycles. The van der Waals surface area contributed by atoms with Crippen LogP contribution >= 0.6 is 0 Å². The lowest BCUT2D eigenvalue weighted by atomic mass is 9.81. The van der Waals surface area contributed by atoms with Gasteiger partial charge in [-0.3, -0.25) is 4.79 Å². The molecule has 3 rings (SSSR count). The second kappa shape index (κ2) is 10.0. The summed E-state index contributed by atoms with van der Waals surface area (Å²) in [5.41, 5.74) is 10.7. The van der Waals surface area contributed by atoms with Crippen molar-refractivity contribution in [3.05, 3.63) is 82.2 Å². The predicted octanol–water partition coefficient (Wildman–Crippen LogP) is 3.42. The Morgan fingerprint density at radius 2 is 1.64 bits per heavy atom. The van der Waals surface area contributed by atoms with Gasteiger partial charge in [0.1, 0.15) is 6.10 Å². The van der Waals surface area contributed by atoms with E-state index in [-0.39, 0.29) is 31.3 Å². The van der Waals surface area contributed by atoms with Crippen LogP contribution in [-0.4, -0.2) is 35.7 Å². The molecule has 1 N–H and O–H groups in total. The molecule has 0 amide bonds. The Morgan fingerprint density at radius 3 is 2.25 bits per heavy atom. The molecule has 2 aromatic carbocycles. The van der Waals surface area contributed by atoms with E-state index in [9.17, 15) is 9.90 Å². The number of hydrogen-bond acceptors (Lipinski definition) is 5. The van der Waals surface area contributed by atoms with E-state index in [0.29, 0.717) is 6.61 Å². The van der Waals surface area contributed by atoms with Gasteiger partial charge in [0.25, 0.3) is 0 Å². The van der Waals surface area contributed by atoms with Crippen molar-refractivity contribution in [3.63, 3.8) is 0 Å². The summed E-state index contributed by atoms with van der Waals surface area (Å²) >= 11 is 0. The van der Waals surface area contributed by atoms with Crippen LogP contribution in [0.25, 0.3) is 10.4 Å². The van der Waals surface area contributed by atoms with Gasteiger partial charge in [0.2, 0.25) is 0 Å². The van der Waals surface area contributed by atoms with Gasteiger partial charge in [0.05, 0.1) is 32.0 Å². The Kier molecular flexibility index (Phi) is 7.17. The van der Waals surface area contributed by atoms with Crippen LogP contribution in [0.5, 0.6) is 0 Å². The first-order chi connectivity index (χ1) is 13.7. The summed E-state index contributed by atoms with van der Waals surface area (Å²) in [5, 5.41) is 14.3. The number of hydrogen-bond donors (Lipinski definition) is 1. The molecule has 146 valence electrons. The maximum atomic E-state index is 12.6. The Morgan fingerprint density at radius 1 is 1.04 bits per heavy atom. The van der Waals surface area contributed by atoms with Crippen LogP contribution < -0.4 is 0 Å². The van der Waals surface area contributed by atoms with Gasteiger partial charge in [-0.1, -0.05) is 65.8 Å². The molecule has 0 saturated heterocycles. The lowest BCUT2D eigenvalue weighted by Crippen LogP contribution is -2.52. The number of aliphatic hydroxyl groups excluding tert-OH is 1. The minimum Gasteiger partial charge on any atom is -0.390 e. The number of carbonyl (C=O) groups is 1. The fraction of sp³-hybridized carbons (Fsp3) is 0.381. The number of aliphatic hydroxyl groups is 1. The smallest absolute Gasteiger partial charge is 0.173 e. The highest BCUT2D eigenvalue weighted by atomic mass is 16.5. The van der Waals surface area contributed by atoms with Crippen LogP contribution in [0.3, 0.4) is 0 Å². The maximum Gasteiger partial charge on any atom is 0.173 e. The molecular weight excluding hydrogens is 358 g/mol. The van der Waals surface area contributed by atoms with Crippen LogP contribution in [0.15, 0.2) is 65.8 Å². The molecule has 4 atom stereocenters. The van der Waals surface area contributed by atoms with Crippen molar-refractivity contribution in [1.82, 2.24) is 0 Å². The zero-order chi connectivity index (χ0) is 19.8. The van der Waals surface area contributed by atoms with E-state index >= 15 is 0 Å². The molecule has 0 aliphatic heterocycles. The van der Waals surface area contributed by atoms with E-state index in [1.807, 2.05) is 60.7 Å². The van der Waals surface area contributed by atoms with Crippen LogP contribution in [0.1, 0.15) is 17.5 Å². The first-order valence-corrected chi connectivity index (χ1v) is 9.22. The molecule has 2 aromatic rings. The standard InChI is InChI=1S/C21H23N3O4/c22-24-23-18-11-17(14-27-12-15-7-3-1-4-8-15)19(25)21(20(18)26)28-13-16-9-5-2-6-10-16/h1-10,17-19,21,25H,11-14H2/t17-,18-,19-,21+/m1/s1. The Bertz CT molecular complexity index is 809. The highest BCUT2D eigenvalue weighted by Crippen LogP contribution is 2.28. The molecule has 1 aliphatic rings. The van der Waals surface area contributed by atoms with Gasteiger partial charge in [-0.25, -0.2) is 0 Å². The summed E-state index contributed by atoms with van der Waals surface area (Å²) in [5.74, 6) is -0.752. The van der Waals surface area contributed by atoms with Gasteiger partial charge >= 0.3 is 0 Å². The van der Waals surface area contributed by atoms with Crippen molar-refractivity contribution in [3.8, 4) is 0 Å². The largest absolute Gasteiger partial charge is 0.390 e. The van der Waals surface area contributed by atoms with Gasteiger partial charge in [0.15, 0.2) is 5.78 Å². The van der Waals surface area contributed by atoms with Crippen molar-refractivity contribution in [2.75, 3.05) is 6.61 Å². The van der Waals surface area contributed by atoms with E-state index in [1.54, 1.807) is 0 Å². The number of carbonyl (C=O) groups excluding carboxylic acids is 1. The zero-order valence-corrected chi connectivity index (χ0v) is 15.4. The van der Waals surface area contributed by atoms with Crippen molar-refractivity contribution in [2.24, 2.45) is 11.0 Å². The summed E-state index contributed by atoms with van der Waals surface area (Å²) in [6.45, 7) is 0.834. The molecule has 7 heteroatoms. The highest BCUT2D eigenvalue weighted by Gasteiger charge is 2.43. The molecule has 0 bridgehead atoms. The van der Waals surface area contributed by atoms with E-state index in [0.717, 1.165) is 11.1 Å². The minimum absolute atomic E-state index is 0.189. The van der Waals surface area contributed by atoms with Gasteiger partial charge in [-0.15, -0.1) is 0 Å². The third kappa shape index (κ3) is 5.18. The van der Waals surface area contributed by atoms with Gasteiger partial charge in [0, 0.05) is 10.8 Å². The van der Waals surface area contributed by atoms with E-state index in [2.05, 4.69) is 10.0 Å². The van der Waals surface area contributed by atoms with Crippen molar-refractivity contribution >= 4 is 5.78 Å². The van der Waals surface area contributed by atoms with E-state index in [4.69, 9.17) is 15.0 Å². The van der Waals surface area contributed by atoms with Crippen molar-refractivity contribution < 1.29 is 19.4 Å². The fourth-order valence-corrected chi connectivity index (χ4v) is 3.32. The number of ether oxygens (including phenoxy) is 2. The molecule has 0 radical (unpaired) electrons. The second-order valence-electron chi connectivity index (χ2n) is 6.83. The molecule has 0 spiro atoms. The molecule has 7 nitrogen and oxygen atoms in total. The first-order valence-electron chi connectivity index (χ1n) is 9.22. The monoisotopic (exact) mass is 381 g/mol. The first kappa shape index (κ1) is 20.0. The van der Waals surface area contributed by atoms with E-state index in [1.165, 1.54) is 0 Å². The molecular formula is C21H23N3O4. The summed E-state index contributed by atoms with van der Waals surface area (Å²) in [6, 6.07) is 18.2. The molecule has 1 fully saturated rings. The number of rotatable bonds is 8. The fourth-order valence-electron chi connectivity index (χ4n) is 3.32. The van der Waals surface area contributed by atoms with Crippen molar-refractivity contribution in [1.29, 1.82) is 0 Å². The summed E-state index contributed by atoms with van der Waals surface area (Å²) < 4.78 is 11.5. The maximum absolute atomic E-state index is 12.6. The average molecular weight is 381 g/mol.